The van der Waals surface area contributed by atoms with Crippen LogP contribution in [0.3, 0.4) is 0 Å². The molecule has 0 fully saturated rings. The van der Waals surface area contributed by atoms with Gasteiger partial charge in [-0.05, 0) is 124 Å². The Hall–Kier alpha value is -3.07. The molecule has 0 N–H and O–H groups in total. The standard InChI is InChI=1S/C35H48N3/c1-8-15-16-26-23-27(36(9-2)10-3)17-20-30(26)35-31-21-18-28(37(11-4)12-5)24-33(31)34-25-29(19-22-32(34)35)38(13-6)14-7/h17-25H,8-16H2,1-7H3/q+1. The van der Waals surface area contributed by atoms with Gasteiger partial charge in [-0.1, -0.05) is 25.5 Å². The molecule has 3 heteroatoms. The van der Waals surface area contributed by atoms with Crippen molar-refractivity contribution < 1.29 is 4.58 Å². The second kappa shape index (κ2) is 12.7. The molecule has 2 aliphatic carbocycles. The molecule has 0 radical (unpaired) electrons. The minimum atomic E-state index is 1.02. The van der Waals surface area contributed by atoms with Crippen molar-refractivity contribution in [2.24, 2.45) is 0 Å². The first-order valence-electron chi connectivity index (χ1n) is 15.1. The molecule has 2 aromatic rings. The van der Waals surface area contributed by atoms with E-state index >= 15 is 0 Å². The summed E-state index contributed by atoms with van der Waals surface area (Å²) in [5.41, 5.74) is 13.8. The Labute approximate surface area is 231 Å². The average Bonchev–Trinajstić information content (AvgIpc) is 3.27. The topological polar surface area (TPSA) is 9.49 Å². The van der Waals surface area contributed by atoms with E-state index in [1.807, 2.05) is 0 Å². The van der Waals surface area contributed by atoms with Crippen LogP contribution in [0.4, 0.5) is 11.4 Å². The monoisotopic (exact) mass is 510 g/mol. The van der Waals surface area contributed by atoms with Crippen molar-refractivity contribution in [1.82, 2.24) is 0 Å². The molecule has 0 atom stereocenters. The molecule has 0 heterocycles. The van der Waals surface area contributed by atoms with Crippen LogP contribution in [0.5, 0.6) is 0 Å². The summed E-state index contributed by atoms with van der Waals surface area (Å²) in [5.74, 6) is 0. The molecule has 38 heavy (non-hydrogen) atoms. The summed E-state index contributed by atoms with van der Waals surface area (Å²) >= 11 is 0. The molecule has 0 amide bonds. The Bertz CT molecular complexity index is 1260. The number of unbranched alkanes of at least 4 members (excludes halogenated alkanes) is 1. The summed E-state index contributed by atoms with van der Waals surface area (Å²) in [4.78, 5) is 4.92. The minimum Gasteiger partial charge on any atom is -0.372 e. The van der Waals surface area contributed by atoms with E-state index in [1.165, 1.54) is 68.9 Å². The maximum Gasteiger partial charge on any atom is 0.200 e. The van der Waals surface area contributed by atoms with Crippen molar-refractivity contribution in [2.45, 2.75) is 67.7 Å². The van der Waals surface area contributed by atoms with Gasteiger partial charge < -0.3 is 9.80 Å². The van der Waals surface area contributed by atoms with Crippen LogP contribution in [0.25, 0.3) is 11.1 Å². The van der Waals surface area contributed by atoms with Gasteiger partial charge >= 0.3 is 0 Å². The van der Waals surface area contributed by atoms with E-state index in [0.29, 0.717) is 0 Å². The summed E-state index contributed by atoms with van der Waals surface area (Å²) in [5, 5.41) is 0. The van der Waals surface area contributed by atoms with Crippen LogP contribution in [-0.2, 0) is 6.42 Å². The summed E-state index contributed by atoms with van der Waals surface area (Å²) in [6.07, 6.45) is 10.7. The fraction of sp³-hybridized carbons (Fsp3) is 0.457. The molecule has 0 saturated heterocycles. The minimum absolute atomic E-state index is 1.02. The Kier molecular flexibility index (Phi) is 9.31. The van der Waals surface area contributed by atoms with Crippen LogP contribution >= 0.6 is 0 Å². The number of hydrogen-bond acceptors (Lipinski definition) is 2. The van der Waals surface area contributed by atoms with E-state index in [2.05, 4.69) is 117 Å². The molecule has 4 rings (SSSR count). The van der Waals surface area contributed by atoms with Crippen LogP contribution in [0.15, 0.2) is 60.2 Å². The molecule has 0 aromatic heterocycles. The number of nitrogens with zero attached hydrogens (tertiary/aromatic N) is 3. The van der Waals surface area contributed by atoms with E-state index in [9.17, 15) is 0 Å². The predicted octanol–water partition coefficient (Wildman–Crippen LogP) is 7.98. The van der Waals surface area contributed by atoms with Crippen molar-refractivity contribution >= 4 is 28.2 Å². The fourth-order valence-corrected chi connectivity index (χ4v) is 6.14. The molecule has 0 unspecified atom stereocenters. The highest BCUT2D eigenvalue weighted by atomic mass is 15.1. The first kappa shape index (κ1) is 28.0. The molecule has 0 spiro atoms. The molecule has 0 saturated carbocycles. The summed E-state index contributed by atoms with van der Waals surface area (Å²) in [7, 11) is 0. The van der Waals surface area contributed by atoms with E-state index < -0.39 is 0 Å². The quantitative estimate of drug-likeness (QED) is 0.268. The molecular weight excluding hydrogens is 462 g/mol. The van der Waals surface area contributed by atoms with Crippen LogP contribution in [-0.4, -0.2) is 49.6 Å². The largest absolute Gasteiger partial charge is 0.372 e. The van der Waals surface area contributed by atoms with Gasteiger partial charge in [-0.15, -0.1) is 0 Å². The third kappa shape index (κ3) is 5.25. The van der Waals surface area contributed by atoms with Crippen molar-refractivity contribution in [1.29, 1.82) is 0 Å². The van der Waals surface area contributed by atoms with Gasteiger partial charge in [0.2, 0.25) is 5.71 Å². The van der Waals surface area contributed by atoms with Crippen molar-refractivity contribution in [3.8, 4) is 0 Å². The maximum absolute atomic E-state index is 2.47. The van der Waals surface area contributed by atoms with E-state index in [4.69, 9.17) is 0 Å². The lowest BCUT2D eigenvalue weighted by atomic mass is 9.89. The third-order valence-corrected chi connectivity index (χ3v) is 8.38. The lowest BCUT2D eigenvalue weighted by Gasteiger charge is -2.24. The van der Waals surface area contributed by atoms with Gasteiger partial charge in [0.1, 0.15) is 13.1 Å². The van der Waals surface area contributed by atoms with E-state index in [0.717, 1.165) is 45.7 Å². The Balaban J connectivity index is 1.95. The Morgan fingerprint density at radius 2 is 1.26 bits per heavy atom. The third-order valence-electron chi connectivity index (χ3n) is 8.38. The summed E-state index contributed by atoms with van der Waals surface area (Å²) in [6, 6.07) is 14.4. The number of fused-ring (bicyclic) bond motifs is 3. The molecule has 2 aromatic carbocycles. The highest BCUT2D eigenvalue weighted by molar-refractivity contribution is 6.18. The number of benzene rings is 2. The SMILES string of the molecule is CCCCc1cc(N(CC)CC)ccc1C1=C2C=CC(=[N+](CC)CC)C=C2c2cc(N(CC)CC)ccc21. The lowest BCUT2D eigenvalue weighted by molar-refractivity contribution is -0.519. The van der Waals surface area contributed by atoms with Gasteiger partial charge in [-0.25, -0.2) is 4.58 Å². The molecule has 2 aliphatic rings. The maximum atomic E-state index is 2.47. The van der Waals surface area contributed by atoms with Crippen molar-refractivity contribution in [3.05, 3.63) is 82.5 Å². The van der Waals surface area contributed by atoms with Gasteiger partial charge in [0.15, 0.2) is 0 Å². The van der Waals surface area contributed by atoms with Gasteiger partial charge in [0, 0.05) is 49.7 Å². The zero-order chi connectivity index (χ0) is 27.2. The zero-order valence-corrected chi connectivity index (χ0v) is 24.9. The van der Waals surface area contributed by atoms with Crippen LogP contribution in [0.1, 0.15) is 83.6 Å². The number of hydrogen-bond donors (Lipinski definition) is 0. The average molecular weight is 511 g/mol. The summed E-state index contributed by atoms with van der Waals surface area (Å²) in [6.45, 7) is 21.9. The van der Waals surface area contributed by atoms with E-state index in [-0.39, 0.29) is 0 Å². The number of aryl methyl sites for hydroxylation is 1. The van der Waals surface area contributed by atoms with Crippen LogP contribution in [0, 0.1) is 0 Å². The first-order chi connectivity index (χ1) is 18.5. The van der Waals surface area contributed by atoms with Crippen LogP contribution < -0.4 is 9.80 Å². The van der Waals surface area contributed by atoms with Crippen molar-refractivity contribution in [3.63, 3.8) is 0 Å². The van der Waals surface area contributed by atoms with Gasteiger partial charge in [0.25, 0.3) is 0 Å². The highest BCUT2D eigenvalue weighted by Gasteiger charge is 2.31. The highest BCUT2D eigenvalue weighted by Crippen LogP contribution is 2.48. The van der Waals surface area contributed by atoms with Crippen molar-refractivity contribution in [2.75, 3.05) is 49.1 Å². The molecular formula is C35H48N3+. The van der Waals surface area contributed by atoms with Gasteiger partial charge in [-0.2, -0.15) is 0 Å². The first-order valence-corrected chi connectivity index (χ1v) is 15.1. The lowest BCUT2D eigenvalue weighted by Crippen LogP contribution is -2.22. The number of rotatable bonds is 12. The normalized spacial score (nSPS) is 14.0. The molecule has 202 valence electrons. The molecule has 3 nitrogen and oxygen atoms in total. The second-order valence-electron chi connectivity index (χ2n) is 10.3. The van der Waals surface area contributed by atoms with E-state index in [1.54, 1.807) is 0 Å². The fourth-order valence-electron chi connectivity index (χ4n) is 6.14. The Morgan fingerprint density at radius 3 is 1.84 bits per heavy atom. The predicted molar refractivity (Wildman–Crippen MR) is 168 cm³/mol. The van der Waals surface area contributed by atoms with Crippen LogP contribution in [0.2, 0.25) is 0 Å². The Morgan fingerprint density at radius 1 is 0.658 bits per heavy atom. The number of anilines is 2. The smallest absolute Gasteiger partial charge is 0.200 e. The van der Waals surface area contributed by atoms with Gasteiger partial charge in [-0.3, -0.25) is 0 Å². The zero-order valence-electron chi connectivity index (χ0n) is 24.9. The molecule has 0 aliphatic heterocycles. The second-order valence-corrected chi connectivity index (χ2v) is 10.3. The number of allylic oxidation sites excluding steroid dienone is 5. The summed E-state index contributed by atoms with van der Waals surface area (Å²) < 4.78 is 2.46. The molecule has 0 bridgehead atoms. The van der Waals surface area contributed by atoms with Gasteiger partial charge in [0.05, 0.1) is 0 Å².